The molecule has 1 heterocycles. The number of aliphatic carboxylic acids is 1. The molecule has 0 aromatic carbocycles. The van der Waals surface area contributed by atoms with Gasteiger partial charge in [-0.25, -0.2) is 14.6 Å². The zero-order valence-corrected chi connectivity index (χ0v) is 14.1. The molecule has 0 aliphatic carbocycles. The summed E-state index contributed by atoms with van der Waals surface area (Å²) in [6, 6.07) is 0. The number of amides is 1. The summed E-state index contributed by atoms with van der Waals surface area (Å²) in [4.78, 5) is 27.9. The molecule has 0 bridgehead atoms. The summed E-state index contributed by atoms with van der Waals surface area (Å²) in [5, 5.41) is 12.0. The molecule has 0 spiro atoms. The lowest BCUT2D eigenvalue weighted by atomic mass is 10.0. The second-order valence-corrected chi connectivity index (χ2v) is 6.54. The van der Waals surface area contributed by atoms with Crippen LogP contribution in [0.15, 0.2) is 6.20 Å². The summed E-state index contributed by atoms with van der Waals surface area (Å²) in [6.45, 7) is 10.5. The van der Waals surface area contributed by atoms with Gasteiger partial charge >= 0.3 is 12.1 Å². The molecule has 1 aromatic rings. The number of carbonyl (C=O) groups excluding carboxylic acids is 1. The zero-order chi connectivity index (χ0) is 17.1. The van der Waals surface area contributed by atoms with E-state index in [1.54, 1.807) is 31.5 Å². The van der Waals surface area contributed by atoms with Crippen LogP contribution in [0.3, 0.4) is 0 Å². The Morgan fingerprint density at radius 1 is 1.36 bits per heavy atom. The Bertz CT molecular complexity index is 560. The first-order valence-electron chi connectivity index (χ1n) is 7.24. The lowest BCUT2D eigenvalue weighted by Crippen LogP contribution is -2.56. The number of carboxylic acids is 1. The summed E-state index contributed by atoms with van der Waals surface area (Å²) in [7, 11) is 0. The van der Waals surface area contributed by atoms with Crippen LogP contribution in [0.1, 0.15) is 46.1 Å². The first-order chi connectivity index (χ1) is 9.97. The quantitative estimate of drug-likeness (QED) is 0.868. The van der Waals surface area contributed by atoms with Crippen LogP contribution in [0.5, 0.6) is 0 Å². The van der Waals surface area contributed by atoms with Gasteiger partial charge < -0.3 is 19.7 Å². The van der Waals surface area contributed by atoms with Gasteiger partial charge in [0.05, 0.1) is 12.2 Å². The van der Waals surface area contributed by atoms with Gasteiger partial charge in [-0.15, -0.1) is 0 Å². The maximum Gasteiger partial charge on any atom is 0.408 e. The van der Waals surface area contributed by atoms with Gasteiger partial charge in [-0.05, 0) is 34.6 Å². The molecule has 1 rings (SSSR count). The third-order valence-electron chi connectivity index (χ3n) is 3.03. The molecule has 1 atom stereocenters. The van der Waals surface area contributed by atoms with E-state index < -0.39 is 23.2 Å². The largest absolute Gasteiger partial charge is 0.479 e. The van der Waals surface area contributed by atoms with Crippen molar-refractivity contribution in [2.75, 3.05) is 0 Å². The highest BCUT2D eigenvalue weighted by molar-refractivity contribution is 5.83. The van der Waals surface area contributed by atoms with Crippen LogP contribution in [-0.2, 0) is 22.5 Å². The van der Waals surface area contributed by atoms with Crippen molar-refractivity contribution in [3.8, 4) is 0 Å². The van der Waals surface area contributed by atoms with Crippen LogP contribution in [-0.4, -0.2) is 37.9 Å². The highest BCUT2D eigenvalue weighted by Crippen LogP contribution is 2.15. The number of carbonyl (C=O) groups is 2. The van der Waals surface area contributed by atoms with E-state index in [2.05, 4.69) is 10.3 Å². The number of aromatic nitrogens is 2. The molecular formula is C15H25N3O4. The monoisotopic (exact) mass is 311 g/mol. The van der Waals surface area contributed by atoms with Crippen LogP contribution in [0, 0.1) is 6.92 Å². The number of hydrogen-bond donors (Lipinski definition) is 2. The SMILES string of the molecule is CCc1nc(C)cn1CC(C)(NC(=O)OC(C)(C)C)C(=O)O. The van der Waals surface area contributed by atoms with Crippen molar-refractivity contribution in [2.24, 2.45) is 0 Å². The van der Waals surface area contributed by atoms with Gasteiger partial charge in [0.15, 0.2) is 5.54 Å². The molecule has 2 N–H and O–H groups in total. The Morgan fingerprint density at radius 2 is 1.95 bits per heavy atom. The smallest absolute Gasteiger partial charge is 0.408 e. The fourth-order valence-corrected chi connectivity index (χ4v) is 2.05. The standard InChI is InChI=1S/C15H25N3O4/c1-7-11-16-10(2)8-18(11)9-15(6,12(19)20)17-13(21)22-14(3,4)5/h8H,7,9H2,1-6H3,(H,17,21)(H,19,20). The third kappa shape index (κ3) is 4.75. The van der Waals surface area contributed by atoms with Crippen molar-refractivity contribution in [3.63, 3.8) is 0 Å². The van der Waals surface area contributed by atoms with Crippen molar-refractivity contribution >= 4 is 12.1 Å². The van der Waals surface area contributed by atoms with E-state index in [0.29, 0.717) is 6.42 Å². The van der Waals surface area contributed by atoms with Gasteiger partial charge in [0.25, 0.3) is 0 Å². The number of hydrogen-bond acceptors (Lipinski definition) is 4. The molecule has 22 heavy (non-hydrogen) atoms. The predicted molar refractivity (Wildman–Crippen MR) is 81.8 cm³/mol. The van der Waals surface area contributed by atoms with E-state index in [-0.39, 0.29) is 6.54 Å². The van der Waals surface area contributed by atoms with Crippen molar-refractivity contribution in [1.29, 1.82) is 0 Å². The molecule has 0 aliphatic heterocycles. The fourth-order valence-electron chi connectivity index (χ4n) is 2.05. The van der Waals surface area contributed by atoms with Crippen LogP contribution in [0.4, 0.5) is 4.79 Å². The molecule has 0 radical (unpaired) electrons. The van der Waals surface area contributed by atoms with E-state index in [1.165, 1.54) is 6.92 Å². The Hall–Kier alpha value is -2.05. The zero-order valence-electron chi connectivity index (χ0n) is 14.1. The number of nitrogens with zero attached hydrogens (tertiary/aromatic N) is 2. The summed E-state index contributed by atoms with van der Waals surface area (Å²) in [5.41, 5.74) is -1.37. The molecule has 1 unspecified atom stereocenters. The Labute approximate surface area is 130 Å². The van der Waals surface area contributed by atoms with Gasteiger partial charge in [-0.3, -0.25) is 0 Å². The lowest BCUT2D eigenvalue weighted by molar-refractivity contribution is -0.144. The van der Waals surface area contributed by atoms with Crippen LogP contribution < -0.4 is 5.32 Å². The Morgan fingerprint density at radius 3 is 2.41 bits per heavy atom. The van der Waals surface area contributed by atoms with Gasteiger partial charge in [-0.2, -0.15) is 0 Å². The number of imidazole rings is 1. The molecule has 7 heteroatoms. The number of nitrogens with one attached hydrogen (secondary N) is 1. The molecule has 0 saturated carbocycles. The minimum Gasteiger partial charge on any atom is -0.479 e. The molecule has 1 aromatic heterocycles. The molecular weight excluding hydrogens is 286 g/mol. The number of alkyl carbamates (subject to hydrolysis) is 1. The highest BCUT2D eigenvalue weighted by atomic mass is 16.6. The van der Waals surface area contributed by atoms with E-state index in [9.17, 15) is 14.7 Å². The highest BCUT2D eigenvalue weighted by Gasteiger charge is 2.37. The first-order valence-corrected chi connectivity index (χ1v) is 7.24. The number of rotatable bonds is 5. The fraction of sp³-hybridized carbons (Fsp3) is 0.667. The Kier molecular flexibility index (Phi) is 5.22. The Balaban J connectivity index is 2.96. The van der Waals surface area contributed by atoms with E-state index in [4.69, 9.17) is 4.74 Å². The maximum absolute atomic E-state index is 11.9. The van der Waals surface area contributed by atoms with E-state index in [1.807, 2.05) is 13.8 Å². The summed E-state index contributed by atoms with van der Waals surface area (Å²) < 4.78 is 6.90. The van der Waals surface area contributed by atoms with Gasteiger partial charge in [0.2, 0.25) is 0 Å². The molecule has 0 aliphatic rings. The van der Waals surface area contributed by atoms with Gasteiger partial charge in [0, 0.05) is 12.6 Å². The van der Waals surface area contributed by atoms with Gasteiger partial charge in [0.1, 0.15) is 11.4 Å². The summed E-state index contributed by atoms with van der Waals surface area (Å²) in [5.74, 6) is -0.359. The molecule has 1 amide bonds. The minimum absolute atomic E-state index is 0.0750. The average molecular weight is 311 g/mol. The second-order valence-electron chi connectivity index (χ2n) is 6.54. The topological polar surface area (TPSA) is 93.5 Å². The normalized spacial score (nSPS) is 14.3. The van der Waals surface area contributed by atoms with Crippen LogP contribution in [0.25, 0.3) is 0 Å². The average Bonchev–Trinajstić information content (AvgIpc) is 2.65. The maximum atomic E-state index is 11.9. The van der Waals surface area contributed by atoms with Gasteiger partial charge in [-0.1, -0.05) is 6.92 Å². The molecule has 7 nitrogen and oxygen atoms in total. The number of ether oxygens (including phenoxy) is 1. The third-order valence-corrected chi connectivity index (χ3v) is 3.03. The van der Waals surface area contributed by atoms with Crippen molar-refractivity contribution < 1.29 is 19.4 Å². The number of carboxylic acid groups (broad SMARTS) is 1. The first kappa shape index (κ1) is 18.0. The van der Waals surface area contributed by atoms with Crippen LogP contribution >= 0.6 is 0 Å². The summed E-state index contributed by atoms with van der Waals surface area (Å²) in [6.07, 6.45) is 1.69. The van der Waals surface area contributed by atoms with Crippen molar-refractivity contribution in [3.05, 3.63) is 17.7 Å². The van der Waals surface area contributed by atoms with Crippen LogP contribution in [0.2, 0.25) is 0 Å². The number of aryl methyl sites for hydroxylation is 2. The van der Waals surface area contributed by atoms with Crippen molar-refractivity contribution in [2.45, 2.75) is 65.6 Å². The lowest BCUT2D eigenvalue weighted by Gasteiger charge is -2.29. The molecule has 124 valence electrons. The van der Waals surface area contributed by atoms with E-state index in [0.717, 1.165) is 11.5 Å². The van der Waals surface area contributed by atoms with E-state index >= 15 is 0 Å². The molecule has 0 fully saturated rings. The minimum atomic E-state index is -1.49. The van der Waals surface area contributed by atoms with Crippen molar-refractivity contribution in [1.82, 2.24) is 14.9 Å². The predicted octanol–water partition coefficient (Wildman–Crippen LogP) is 2.12. The molecule has 0 saturated heterocycles. The summed E-state index contributed by atoms with van der Waals surface area (Å²) >= 11 is 0. The second kappa shape index (κ2) is 6.37.